The summed E-state index contributed by atoms with van der Waals surface area (Å²) in [4.78, 5) is 0. The van der Waals surface area contributed by atoms with E-state index < -0.39 is 0 Å². The SMILES string of the molecule is C#C/C(=C\N)C(C)C. The fourth-order valence-electron chi connectivity index (χ4n) is 0.407. The van der Waals surface area contributed by atoms with Gasteiger partial charge in [0.1, 0.15) is 0 Å². The Labute approximate surface area is 50.6 Å². The molecule has 2 N–H and O–H groups in total. The van der Waals surface area contributed by atoms with Gasteiger partial charge in [-0.05, 0) is 5.92 Å². The predicted molar refractivity (Wildman–Crippen MR) is 35.9 cm³/mol. The van der Waals surface area contributed by atoms with Gasteiger partial charge in [0.25, 0.3) is 0 Å². The van der Waals surface area contributed by atoms with E-state index in [0.717, 1.165) is 5.57 Å². The van der Waals surface area contributed by atoms with E-state index in [9.17, 15) is 0 Å². The minimum Gasteiger partial charge on any atom is -0.404 e. The Hall–Kier alpha value is -0.900. The number of nitrogens with two attached hydrogens (primary N) is 1. The lowest BCUT2D eigenvalue weighted by molar-refractivity contribution is 0.796. The molecular weight excluding hydrogens is 98.1 g/mol. The maximum absolute atomic E-state index is 5.18. The van der Waals surface area contributed by atoms with Gasteiger partial charge in [-0.1, -0.05) is 19.8 Å². The molecule has 0 aromatic carbocycles. The van der Waals surface area contributed by atoms with Crippen LogP contribution in [0.4, 0.5) is 0 Å². The fourth-order valence-corrected chi connectivity index (χ4v) is 0.407. The highest BCUT2D eigenvalue weighted by Crippen LogP contribution is 2.04. The lowest BCUT2D eigenvalue weighted by Crippen LogP contribution is -1.94. The molecule has 8 heavy (non-hydrogen) atoms. The first-order valence-electron chi connectivity index (χ1n) is 2.60. The Kier molecular flexibility index (Phi) is 2.79. The molecule has 0 rings (SSSR count). The number of hydrogen-bond donors (Lipinski definition) is 1. The van der Waals surface area contributed by atoms with E-state index in [0.29, 0.717) is 5.92 Å². The van der Waals surface area contributed by atoms with E-state index in [-0.39, 0.29) is 0 Å². The highest BCUT2D eigenvalue weighted by Gasteiger charge is 1.94. The molecule has 0 atom stereocenters. The van der Waals surface area contributed by atoms with Crippen molar-refractivity contribution in [2.45, 2.75) is 13.8 Å². The molecule has 0 bridgehead atoms. The summed E-state index contributed by atoms with van der Waals surface area (Å²) in [7, 11) is 0. The van der Waals surface area contributed by atoms with Crippen LogP contribution < -0.4 is 5.73 Å². The van der Waals surface area contributed by atoms with Crippen LogP contribution in [0.2, 0.25) is 0 Å². The molecule has 0 fully saturated rings. The summed E-state index contributed by atoms with van der Waals surface area (Å²) in [5, 5.41) is 0. The molecule has 0 heterocycles. The van der Waals surface area contributed by atoms with Crippen LogP contribution in [0, 0.1) is 18.3 Å². The Balaban J connectivity index is 3.98. The topological polar surface area (TPSA) is 26.0 Å². The van der Waals surface area contributed by atoms with Crippen molar-refractivity contribution in [3.63, 3.8) is 0 Å². The Morgan fingerprint density at radius 3 is 2.25 bits per heavy atom. The largest absolute Gasteiger partial charge is 0.404 e. The number of rotatable bonds is 1. The molecule has 0 aromatic rings. The normalized spacial score (nSPS) is 11.5. The van der Waals surface area contributed by atoms with Crippen LogP contribution in [-0.4, -0.2) is 0 Å². The lowest BCUT2D eigenvalue weighted by Gasteiger charge is -1.99. The van der Waals surface area contributed by atoms with Gasteiger partial charge in [-0.15, -0.1) is 6.42 Å². The Morgan fingerprint density at radius 2 is 2.25 bits per heavy atom. The number of allylic oxidation sites excluding steroid dienone is 1. The molecular formula is C7H11N. The predicted octanol–water partition coefficient (Wildman–Crippen LogP) is 1.12. The molecule has 0 unspecified atom stereocenters. The van der Waals surface area contributed by atoms with E-state index in [2.05, 4.69) is 5.92 Å². The second-order valence-corrected chi connectivity index (χ2v) is 1.92. The molecule has 0 spiro atoms. The molecule has 1 heteroatoms. The van der Waals surface area contributed by atoms with Gasteiger partial charge in [-0.3, -0.25) is 0 Å². The second-order valence-electron chi connectivity index (χ2n) is 1.92. The molecule has 1 nitrogen and oxygen atoms in total. The third-order valence-electron chi connectivity index (χ3n) is 0.968. The number of terminal acetylenes is 1. The molecule has 0 aliphatic rings. The zero-order chi connectivity index (χ0) is 6.57. The first-order chi connectivity index (χ1) is 3.72. The summed E-state index contributed by atoms with van der Waals surface area (Å²) >= 11 is 0. The fraction of sp³-hybridized carbons (Fsp3) is 0.429. The summed E-state index contributed by atoms with van der Waals surface area (Å²) in [6.07, 6.45) is 6.56. The van der Waals surface area contributed by atoms with Crippen molar-refractivity contribution in [1.29, 1.82) is 0 Å². The quantitative estimate of drug-likeness (QED) is 0.502. The monoisotopic (exact) mass is 109 g/mol. The first-order valence-corrected chi connectivity index (χ1v) is 2.60. The van der Waals surface area contributed by atoms with Crippen LogP contribution in [0.25, 0.3) is 0 Å². The second kappa shape index (κ2) is 3.15. The van der Waals surface area contributed by atoms with E-state index in [1.165, 1.54) is 6.20 Å². The maximum atomic E-state index is 5.18. The summed E-state index contributed by atoms with van der Waals surface area (Å²) in [6.45, 7) is 4.02. The Morgan fingerprint density at radius 1 is 1.75 bits per heavy atom. The van der Waals surface area contributed by atoms with Crippen LogP contribution in [0.1, 0.15) is 13.8 Å². The third-order valence-corrected chi connectivity index (χ3v) is 0.968. The minimum absolute atomic E-state index is 0.380. The van der Waals surface area contributed by atoms with Gasteiger partial charge in [0.15, 0.2) is 0 Å². The molecule has 0 amide bonds. The van der Waals surface area contributed by atoms with Crippen molar-refractivity contribution in [3.8, 4) is 12.3 Å². The molecule has 0 saturated heterocycles. The van der Waals surface area contributed by atoms with Gasteiger partial charge in [0.2, 0.25) is 0 Å². The van der Waals surface area contributed by atoms with Crippen LogP contribution in [-0.2, 0) is 0 Å². The van der Waals surface area contributed by atoms with Crippen molar-refractivity contribution in [3.05, 3.63) is 11.8 Å². The Bertz CT molecular complexity index is 126. The average Bonchev–Trinajstić information content (AvgIpc) is 1.69. The van der Waals surface area contributed by atoms with Gasteiger partial charge < -0.3 is 5.73 Å². The van der Waals surface area contributed by atoms with Gasteiger partial charge >= 0.3 is 0 Å². The standard InChI is InChI=1S/C7H11N/c1-4-7(5-8)6(2)3/h1,5-6H,8H2,2-3H3/b7-5+. The zero-order valence-electron chi connectivity index (χ0n) is 5.31. The minimum atomic E-state index is 0.380. The summed E-state index contributed by atoms with van der Waals surface area (Å²) in [6, 6.07) is 0. The summed E-state index contributed by atoms with van der Waals surface area (Å²) < 4.78 is 0. The highest BCUT2D eigenvalue weighted by molar-refractivity contribution is 5.25. The van der Waals surface area contributed by atoms with Crippen molar-refractivity contribution < 1.29 is 0 Å². The molecule has 0 saturated carbocycles. The van der Waals surface area contributed by atoms with Gasteiger partial charge in [0, 0.05) is 11.8 Å². The summed E-state index contributed by atoms with van der Waals surface area (Å²) in [5.41, 5.74) is 6.05. The third kappa shape index (κ3) is 1.70. The van der Waals surface area contributed by atoms with E-state index in [1.807, 2.05) is 13.8 Å². The first kappa shape index (κ1) is 7.10. The van der Waals surface area contributed by atoms with Crippen molar-refractivity contribution in [1.82, 2.24) is 0 Å². The molecule has 44 valence electrons. The van der Waals surface area contributed by atoms with Gasteiger partial charge in [0.05, 0.1) is 0 Å². The van der Waals surface area contributed by atoms with Gasteiger partial charge in [-0.25, -0.2) is 0 Å². The van der Waals surface area contributed by atoms with Crippen LogP contribution in [0.5, 0.6) is 0 Å². The van der Waals surface area contributed by atoms with Crippen molar-refractivity contribution in [2.24, 2.45) is 11.7 Å². The highest BCUT2D eigenvalue weighted by atomic mass is 14.5. The van der Waals surface area contributed by atoms with Crippen LogP contribution in [0.3, 0.4) is 0 Å². The van der Waals surface area contributed by atoms with Crippen LogP contribution in [0.15, 0.2) is 11.8 Å². The van der Waals surface area contributed by atoms with Gasteiger partial charge in [-0.2, -0.15) is 0 Å². The van der Waals surface area contributed by atoms with E-state index >= 15 is 0 Å². The van der Waals surface area contributed by atoms with E-state index in [1.54, 1.807) is 0 Å². The van der Waals surface area contributed by atoms with E-state index in [4.69, 9.17) is 12.2 Å². The zero-order valence-corrected chi connectivity index (χ0v) is 5.31. The smallest absolute Gasteiger partial charge is 0.0197 e. The number of hydrogen-bond acceptors (Lipinski definition) is 1. The lowest BCUT2D eigenvalue weighted by atomic mass is 10.1. The van der Waals surface area contributed by atoms with Crippen molar-refractivity contribution in [2.75, 3.05) is 0 Å². The van der Waals surface area contributed by atoms with Crippen LogP contribution >= 0.6 is 0 Å². The summed E-state index contributed by atoms with van der Waals surface area (Å²) in [5.74, 6) is 2.87. The molecule has 0 aliphatic carbocycles. The molecule has 0 aromatic heterocycles. The molecule has 0 radical (unpaired) electrons. The molecule has 0 aliphatic heterocycles. The average molecular weight is 109 g/mol. The maximum Gasteiger partial charge on any atom is 0.0197 e. The van der Waals surface area contributed by atoms with Crippen molar-refractivity contribution >= 4 is 0 Å².